The molecule has 0 N–H and O–H groups in total. The van der Waals surface area contributed by atoms with Gasteiger partial charge in [0.2, 0.25) is 0 Å². The average Bonchev–Trinajstić information content (AvgIpc) is 3.29. The Hall–Kier alpha value is -2.93. The van der Waals surface area contributed by atoms with E-state index in [4.69, 9.17) is 14.0 Å². The van der Waals surface area contributed by atoms with Crippen LogP contribution in [0.1, 0.15) is 16.1 Å². The minimum Gasteiger partial charge on any atom is -0.481 e. The highest BCUT2D eigenvalue weighted by Gasteiger charge is 2.11. The number of benzene rings is 1. The van der Waals surface area contributed by atoms with Crippen molar-refractivity contribution in [2.24, 2.45) is 0 Å². The fourth-order valence-corrected chi connectivity index (χ4v) is 2.63. The Bertz CT molecular complexity index is 825. The maximum atomic E-state index is 11.7. The van der Waals surface area contributed by atoms with Gasteiger partial charge in [0.1, 0.15) is 18.1 Å². The van der Waals surface area contributed by atoms with Crippen molar-refractivity contribution in [1.29, 1.82) is 0 Å². The number of hydrogen-bond acceptors (Lipinski definition) is 7. The lowest BCUT2D eigenvalue weighted by Gasteiger charge is -2.07. The van der Waals surface area contributed by atoms with Crippen LogP contribution in [0.4, 0.5) is 0 Å². The number of hydrogen-bond donors (Lipinski definition) is 0. The molecule has 0 radical (unpaired) electrons. The van der Waals surface area contributed by atoms with Crippen LogP contribution >= 0.6 is 11.3 Å². The van der Waals surface area contributed by atoms with Crippen LogP contribution in [0.25, 0.3) is 10.6 Å². The summed E-state index contributed by atoms with van der Waals surface area (Å²) in [6.07, 6.45) is 0.669. The minimum atomic E-state index is -0.559. The summed E-state index contributed by atoms with van der Waals surface area (Å²) in [7, 11) is 0. The van der Waals surface area contributed by atoms with Crippen LogP contribution in [-0.2, 0) is 16.1 Å². The summed E-state index contributed by atoms with van der Waals surface area (Å²) in [4.78, 5) is 23.6. The second kappa shape index (κ2) is 7.56. The molecule has 122 valence electrons. The summed E-state index contributed by atoms with van der Waals surface area (Å²) in [5, 5.41) is 5.79. The molecular formula is C17H13NO5S. The summed E-state index contributed by atoms with van der Waals surface area (Å²) in [5.74, 6) is 0.412. The predicted molar refractivity (Wildman–Crippen MR) is 86.9 cm³/mol. The van der Waals surface area contributed by atoms with Gasteiger partial charge in [0, 0.05) is 6.07 Å². The molecular weight excluding hydrogens is 330 g/mol. The minimum absolute atomic E-state index is 0.00754. The zero-order chi connectivity index (χ0) is 16.8. The first-order chi connectivity index (χ1) is 11.8. The van der Waals surface area contributed by atoms with Gasteiger partial charge in [-0.1, -0.05) is 23.4 Å². The number of rotatable bonds is 7. The van der Waals surface area contributed by atoms with E-state index in [0.717, 1.165) is 4.88 Å². The molecule has 0 atom stereocenters. The molecule has 0 aliphatic heterocycles. The quantitative estimate of drug-likeness (QED) is 0.484. The third-order valence-electron chi connectivity index (χ3n) is 3.10. The maximum Gasteiger partial charge on any atom is 0.344 e. The molecule has 6 nitrogen and oxygen atoms in total. The molecule has 0 saturated carbocycles. The normalized spacial score (nSPS) is 10.3. The first kappa shape index (κ1) is 15.9. The molecule has 0 spiro atoms. The molecule has 24 heavy (non-hydrogen) atoms. The first-order valence-corrected chi connectivity index (χ1v) is 7.96. The second-order valence-corrected chi connectivity index (χ2v) is 5.71. The molecule has 0 unspecified atom stereocenters. The monoisotopic (exact) mass is 343 g/mol. The van der Waals surface area contributed by atoms with Gasteiger partial charge < -0.3 is 14.0 Å². The zero-order valence-electron chi connectivity index (χ0n) is 12.5. The molecule has 2 heterocycles. The Morgan fingerprint density at radius 3 is 2.92 bits per heavy atom. The molecule has 2 aromatic heterocycles. The topological polar surface area (TPSA) is 78.6 Å². The van der Waals surface area contributed by atoms with E-state index in [1.807, 2.05) is 17.5 Å². The van der Waals surface area contributed by atoms with E-state index >= 15 is 0 Å². The van der Waals surface area contributed by atoms with E-state index in [-0.39, 0.29) is 13.2 Å². The van der Waals surface area contributed by atoms with Gasteiger partial charge in [0.15, 0.2) is 18.7 Å². The van der Waals surface area contributed by atoms with E-state index in [0.29, 0.717) is 29.1 Å². The number of nitrogens with zero attached hydrogens (tertiary/aromatic N) is 1. The van der Waals surface area contributed by atoms with Crippen LogP contribution < -0.4 is 4.74 Å². The summed E-state index contributed by atoms with van der Waals surface area (Å²) >= 11 is 1.53. The lowest BCUT2D eigenvalue weighted by molar-refractivity contribution is -0.147. The molecule has 0 fully saturated rings. The van der Waals surface area contributed by atoms with Gasteiger partial charge >= 0.3 is 5.97 Å². The van der Waals surface area contributed by atoms with Crippen LogP contribution in [0.5, 0.6) is 5.75 Å². The molecule has 0 saturated heterocycles. The Balaban J connectivity index is 1.50. The van der Waals surface area contributed by atoms with Crippen LogP contribution in [0.15, 0.2) is 52.4 Å². The van der Waals surface area contributed by atoms with Crippen molar-refractivity contribution in [2.75, 3.05) is 6.61 Å². The van der Waals surface area contributed by atoms with Crippen LogP contribution in [0, 0.1) is 0 Å². The maximum absolute atomic E-state index is 11.7. The van der Waals surface area contributed by atoms with E-state index in [2.05, 4.69) is 5.16 Å². The zero-order valence-corrected chi connectivity index (χ0v) is 13.3. The van der Waals surface area contributed by atoms with Gasteiger partial charge in [-0.25, -0.2) is 4.79 Å². The van der Waals surface area contributed by atoms with Gasteiger partial charge in [-0.2, -0.15) is 0 Å². The van der Waals surface area contributed by atoms with Crippen molar-refractivity contribution in [1.82, 2.24) is 5.16 Å². The van der Waals surface area contributed by atoms with Crippen molar-refractivity contribution in [3.63, 3.8) is 0 Å². The first-order valence-electron chi connectivity index (χ1n) is 7.08. The lowest BCUT2D eigenvalue weighted by Crippen LogP contribution is -2.15. The van der Waals surface area contributed by atoms with Crippen molar-refractivity contribution in [3.05, 3.63) is 59.1 Å². The van der Waals surface area contributed by atoms with Crippen LogP contribution in [-0.4, -0.2) is 24.0 Å². The summed E-state index contributed by atoms with van der Waals surface area (Å²) in [6.45, 7) is -0.299. The number of ether oxygens (including phenoxy) is 2. The van der Waals surface area contributed by atoms with E-state index < -0.39 is 5.97 Å². The molecule has 0 aliphatic carbocycles. The third kappa shape index (κ3) is 3.88. The Morgan fingerprint density at radius 2 is 2.12 bits per heavy atom. The number of carbonyl (C=O) groups is 2. The molecule has 0 bridgehead atoms. The van der Waals surface area contributed by atoms with E-state index in [1.54, 1.807) is 30.3 Å². The van der Waals surface area contributed by atoms with Crippen molar-refractivity contribution < 1.29 is 23.6 Å². The summed E-state index contributed by atoms with van der Waals surface area (Å²) < 4.78 is 15.6. The Labute approximate surface area is 141 Å². The number of carbonyl (C=O) groups excluding carboxylic acids is 2. The van der Waals surface area contributed by atoms with Crippen molar-refractivity contribution >= 4 is 23.6 Å². The number of para-hydroxylation sites is 1. The van der Waals surface area contributed by atoms with Gasteiger partial charge in [-0.15, -0.1) is 11.3 Å². The molecule has 3 rings (SSSR count). The third-order valence-corrected chi connectivity index (χ3v) is 3.98. The SMILES string of the molecule is O=Cc1ccccc1OCC(=O)OCc1cc(-c2cccs2)on1. The Kier molecular flexibility index (Phi) is 5.02. The van der Waals surface area contributed by atoms with Gasteiger partial charge in [0.05, 0.1) is 10.4 Å². The number of thiophene rings is 1. The van der Waals surface area contributed by atoms with Crippen molar-refractivity contribution in [2.45, 2.75) is 6.61 Å². The standard InChI is InChI=1S/C17H13NO5S/c19-9-12-4-1-2-5-14(12)21-11-17(20)22-10-13-8-15(23-18-13)16-6-3-7-24-16/h1-9H,10-11H2. The number of esters is 1. The van der Waals surface area contributed by atoms with Gasteiger partial charge in [-0.05, 0) is 23.6 Å². The van der Waals surface area contributed by atoms with Crippen LogP contribution in [0.2, 0.25) is 0 Å². The Morgan fingerprint density at radius 1 is 1.25 bits per heavy atom. The smallest absolute Gasteiger partial charge is 0.344 e. The van der Waals surface area contributed by atoms with E-state index in [1.165, 1.54) is 11.3 Å². The highest BCUT2D eigenvalue weighted by molar-refractivity contribution is 7.13. The highest BCUT2D eigenvalue weighted by Crippen LogP contribution is 2.25. The lowest BCUT2D eigenvalue weighted by atomic mass is 10.2. The number of aldehydes is 1. The summed E-state index contributed by atoms with van der Waals surface area (Å²) in [6, 6.07) is 12.2. The highest BCUT2D eigenvalue weighted by atomic mass is 32.1. The van der Waals surface area contributed by atoms with Crippen LogP contribution in [0.3, 0.4) is 0 Å². The molecule has 7 heteroatoms. The number of aromatic nitrogens is 1. The molecule has 3 aromatic rings. The van der Waals surface area contributed by atoms with Crippen molar-refractivity contribution in [3.8, 4) is 16.4 Å². The fraction of sp³-hybridized carbons (Fsp3) is 0.118. The average molecular weight is 343 g/mol. The molecule has 0 aliphatic rings. The van der Waals surface area contributed by atoms with Gasteiger partial charge in [0.25, 0.3) is 0 Å². The fourth-order valence-electron chi connectivity index (χ4n) is 1.96. The largest absolute Gasteiger partial charge is 0.481 e. The van der Waals surface area contributed by atoms with E-state index in [9.17, 15) is 9.59 Å². The molecule has 0 amide bonds. The summed E-state index contributed by atoms with van der Waals surface area (Å²) in [5.41, 5.74) is 0.891. The predicted octanol–water partition coefficient (Wildman–Crippen LogP) is 3.34. The second-order valence-electron chi connectivity index (χ2n) is 4.76. The molecule has 1 aromatic carbocycles. The van der Waals surface area contributed by atoms with Gasteiger partial charge in [-0.3, -0.25) is 4.79 Å².